The molecular formula is C21H34N4O5S2. The van der Waals surface area contributed by atoms with E-state index in [4.69, 9.17) is 4.74 Å². The van der Waals surface area contributed by atoms with Crippen LogP contribution < -0.4 is 9.62 Å². The molecule has 4 rings (SSSR count). The molecule has 1 aromatic heterocycles. The highest BCUT2D eigenvalue weighted by molar-refractivity contribution is 7.89. The Hall–Kier alpha value is -1.27. The second-order valence-electron chi connectivity index (χ2n) is 9.13. The minimum atomic E-state index is -3.73. The summed E-state index contributed by atoms with van der Waals surface area (Å²) in [6.07, 6.45) is 6.56. The van der Waals surface area contributed by atoms with E-state index in [1.807, 2.05) is 6.07 Å². The van der Waals surface area contributed by atoms with E-state index < -0.39 is 20.0 Å². The van der Waals surface area contributed by atoms with Gasteiger partial charge in [-0.25, -0.2) is 30.8 Å². The molecule has 3 saturated heterocycles. The first kappa shape index (κ1) is 23.9. The lowest BCUT2D eigenvalue weighted by Gasteiger charge is -2.39. The molecule has 0 aromatic carbocycles. The van der Waals surface area contributed by atoms with Crippen LogP contribution >= 0.6 is 0 Å². The number of ether oxygens (including phenoxy) is 1. The monoisotopic (exact) mass is 486 g/mol. The number of hydrogen-bond acceptors (Lipinski definition) is 7. The number of pyridine rings is 1. The first-order valence-electron chi connectivity index (χ1n) is 11.5. The lowest BCUT2D eigenvalue weighted by Crippen LogP contribution is -2.47. The van der Waals surface area contributed by atoms with Crippen molar-refractivity contribution in [3.05, 3.63) is 17.8 Å². The average molecular weight is 487 g/mol. The Labute approximate surface area is 191 Å². The van der Waals surface area contributed by atoms with E-state index in [-0.39, 0.29) is 22.3 Å². The summed E-state index contributed by atoms with van der Waals surface area (Å²) in [5.41, 5.74) is 0.691. The Morgan fingerprint density at radius 2 is 1.81 bits per heavy atom. The molecule has 3 fully saturated rings. The molecule has 32 heavy (non-hydrogen) atoms. The predicted octanol–water partition coefficient (Wildman–Crippen LogP) is 1.63. The molecule has 1 N–H and O–H groups in total. The van der Waals surface area contributed by atoms with Crippen molar-refractivity contribution in [3.8, 4) is 0 Å². The largest absolute Gasteiger partial charge is 0.375 e. The molecular weight excluding hydrogens is 452 g/mol. The molecule has 1 aromatic rings. The predicted molar refractivity (Wildman–Crippen MR) is 123 cm³/mol. The standard InChI is InChI=1S/C21H34N4O5S2/c1-3-31(26,27)25-10-5-18(6-11-25)23-32(28,29)19-16-22-20(15-17(19)2)24-12-8-21(9-13-24)7-4-14-30-21/h15-16,18,23H,3-14H2,1-2H3. The van der Waals surface area contributed by atoms with Gasteiger partial charge in [-0.3, -0.25) is 0 Å². The highest BCUT2D eigenvalue weighted by atomic mass is 32.2. The van der Waals surface area contributed by atoms with Gasteiger partial charge in [-0.05, 0) is 64.0 Å². The van der Waals surface area contributed by atoms with E-state index in [2.05, 4.69) is 14.6 Å². The number of hydrogen-bond donors (Lipinski definition) is 1. The van der Waals surface area contributed by atoms with Gasteiger partial charge in [0.2, 0.25) is 20.0 Å². The fraction of sp³-hybridized carbons (Fsp3) is 0.762. The second kappa shape index (κ2) is 9.17. The third kappa shape index (κ3) is 4.96. The van der Waals surface area contributed by atoms with Crippen molar-refractivity contribution >= 4 is 25.9 Å². The lowest BCUT2D eigenvalue weighted by atomic mass is 9.88. The van der Waals surface area contributed by atoms with Crippen LogP contribution in [0.3, 0.4) is 0 Å². The molecule has 3 aliphatic heterocycles. The molecule has 0 radical (unpaired) electrons. The van der Waals surface area contributed by atoms with Crippen LogP contribution in [0.2, 0.25) is 0 Å². The maximum absolute atomic E-state index is 13.0. The van der Waals surface area contributed by atoms with E-state index in [0.717, 1.165) is 51.2 Å². The zero-order chi connectivity index (χ0) is 23.0. The van der Waals surface area contributed by atoms with Gasteiger partial charge in [0.25, 0.3) is 0 Å². The topological polar surface area (TPSA) is 109 Å². The normalized spacial score (nSPS) is 23.1. The fourth-order valence-electron chi connectivity index (χ4n) is 4.99. The fourth-order valence-corrected chi connectivity index (χ4v) is 7.60. The van der Waals surface area contributed by atoms with E-state index in [0.29, 0.717) is 31.5 Å². The minimum Gasteiger partial charge on any atom is -0.375 e. The van der Waals surface area contributed by atoms with Crippen LogP contribution in [0.1, 0.15) is 51.0 Å². The number of anilines is 1. The maximum Gasteiger partial charge on any atom is 0.242 e. The number of sulfonamides is 2. The first-order valence-corrected chi connectivity index (χ1v) is 14.6. The Kier molecular flexibility index (Phi) is 6.84. The van der Waals surface area contributed by atoms with Crippen LogP contribution in [0.4, 0.5) is 5.82 Å². The van der Waals surface area contributed by atoms with Crippen molar-refractivity contribution < 1.29 is 21.6 Å². The van der Waals surface area contributed by atoms with E-state index in [1.54, 1.807) is 13.8 Å². The van der Waals surface area contributed by atoms with E-state index in [1.165, 1.54) is 10.5 Å². The van der Waals surface area contributed by atoms with Crippen LogP contribution in [0.15, 0.2) is 17.2 Å². The maximum atomic E-state index is 13.0. The van der Waals surface area contributed by atoms with Gasteiger partial charge in [-0.1, -0.05) is 0 Å². The summed E-state index contributed by atoms with van der Waals surface area (Å²) in [6, 6.07) is 1.56. The average Bonchev–Trinajstić information content (AvgIpc) is 3.22. The van der Waals surface area contributed by atoms with Gasteiger partial charge < -0.3 is 9.64 Å². The summed E-state index contributed by atoms with van der Waals surface area (Å²) in [5, 5.41) is 0. The Morgan fingerprint density at radius 3 is 2.38 bits per heavy atom. The zero-order valence-electron chi connectivity index (χ0n) is 18.9. The second-order valence-corrected chi connectivity index (χ2v) is 13.1. The van der Waals surface area contributed by atoms with Crippen molar-refractivity contribution in [2.24, 2.45) is 0 Å². The lowest BCUT2D eigenvalue weighted by molar-refractivity contribution is -0.0147. The van der Waals surface area contributed by atoms with Crippen molar-refractivity contribution in [3.63, 3.8) is 0 Å². The van der Waals surface area contributed by atoms with Crippen molar-refractivity contribution in [1.29, 1.82) is 0 Å². The van der Waals surface area contributed by atoms with E-state index >= 15 is 0 Å². The summed E-state index contributed by atoms with van der Waals surface area (Å²) in [5.74, 6) is 0.860. The molecule has 0 unspecified atom stereocenters. The molecule has 0 amide bonds. The number of aryl methyl sites for hydroxylation is 1. The number of nitrogens with one attached hydrogen (secondary N) is 1. The van der Waals surface area contributed by atoms with Gasteiger partial charge in [0.15, 0.2) is 0 Å². The van der Waals surface area contributed by atoms with E-state index in [9.17, 15) is 16.8 Å². The SMILES string of the molecule is CCS(=O)(=O)N1CCC(NS(=O)(=O)c2cnc(N3CCC4(CCCO4)CC3)cc2C)CC1. The molecule has 180 valence electrons. The molecule has 3 aliphatic rings. The van der Waals surface area contributed by atoms with Crippen LogP contribution in [0.5, 0.6) is 0 Å². The van der Waals surface area contributed by atoms with Crippen molar-refractivity contribution in [2.75, 3.05) is 43.4 Å². The first-order chi connectivity index (χ1) is 15.1. The summed E-state index contributed by atoms with van der Waals surface area (Å²) >= 11 is 0. The zero-order valence-corrected chi connectivity index (χ0v) is 20.5. The smallest absolute Gasteiger partial charge is 0.242 e. The molecule has 11 heteroatoms. The molecule has 0 bridgehead atoms. The summed E-state index contributed by atoms with van der Waals surface area (Å²) in [4.78, 5) is 6.85. The highest BCUT2D eigenvalue weighted by Gasteiger charge is 2.38. The van der Waals surface area contributed by atoms with Crippen LogP contribution in [0, 0.1) is 6.92 Å². The number of rotatable bonds is 6. The summed E-state index contributed by atoms with van der Waals surface area (Å²) in [6.45, 7) is 6.64. The molecule has 9 nitrogen and oxygen atoms in total. The van der Waals surface area contributed by atoms with Crippen LogP contribution in [-0.2, 0) is 24.8 Å². The third-order valence-electron chi connectivity index (χ3n) is 7.06. The van der Waals surface area contributed by atoms with Gasteiger partial charge in [0.1, 0.15) is 10.7 Å². The third-order valence-corrected chi connectivity index (χ3v) is 10.6. The number of aromatic nitrogens is 1. The Morgan fingerprint density at radius 1 is 1.12 bits per heavy atom. The van der Waals surface area contributed by atoms with Gasteiger partial charge in [0.05, 0.1) is 11.4 Å². The van der Waals surface area contributed by atoms with Gasteiger partial charge >= 0.3 is 0 Å². The summed E-state index contributed by atoms with van der Waals surface area (Å²) < 4.78 is 60.2. The van der Waals surface area contributed by atoms with Gasteiger partial charge in [-0.15, -0.1) is 0 Å². The number of nitrogens with zero attached hydrogens (tertiary/aromatic N) is 3. The molecule has 0 saturated carbocycles. The number of piperidine rings is 2. The van der Waals surface area contributed by atoms with Crippen molar-refractivity contribution in [2.45, 2.75) is 68.9 Å². The summed E-state index contributed by atoms with van der Waals surface area (Å²) in [7, 11) is -6.97. The molecule has 0 atom stereocenters. The quantitative estimate of drug-likeness (QED) is 0.651. The molecule has 0 aliphatic carbocycles. The Bertz CT molecular complexity index is 1020. The molecule has 4 heterocycles. The van der Waals surface area contributed by atoms with Crippen LogP contribution in [0.25, 0.3) is 0 Å². The molecule has 1 spiro atoms. The van der Waals surface area contributed by atoms with Crippen molar-refractivity contribution in [1.82, 2.24) is 14.0 Å². The Balaban J connectivity index is 1.38. The van der Waals surface area contributed by atoms with Gasteiger partial charge in [0, 0.05) is 45.0 Å². The highest BCUT2D eigenvalue weighted by Crippen LogP contribution is 2.36. The van der Waals surface area contributed by atoms with Crippen LogP contribution in [-0.4, -0.2) is 76.3 Å². The van der Waals surface area contributed by atoms with Gasteiger partial charge in [-0.2, -0.15) is 0 Å². The minimum absolute atomic E-state index is 0.0325.